The summed E-state index contributed by atoms with van der Waals surface area (Å²) in [6, 6.07) is 1.97. The Bertz CT molecular complexity index is 1420. The molecule has 2 saturated carbocycles. The molecule has 2 aliphatic rings. The number of aromatic nitrogens is 3. The van der Waals surface area contributed by atoms with Gasteiger partial charge in [0.05, 0.1) is 29.3 Å². The van der Waals surface area contributed by atoms with Crippen molar-refractivity contribution in [3.8, 4) is 17.0 Å². The summed E-state index contributed by atoms with van der Waals surface area (Å²) in [5.74, 6) is -0.565. The van der Waals surface area contributed by atoms with Gasteiger partial charge in [-0.3, -0.25) is 9.59 Å². The Morgan fingerprint density at radius 2 is 1.93 bits per heavy atom. The van der Waals surface area contributed by atoms with Gasteiger partial charge in [-0.1, -0.05) is 0 Å². The number of alkyl halides is 4. The van der Waals surface area contributed by atoms with Crippen molar-refractivity contribution in [3.63, 3.8) is 0 Å². The van der Waals surface area contributed by atoms with E-state index in [0.717, 1.165) is 25.0 Å². The van der Waals surface area contributed by atoms with Crippen molar-refractivity contribution in [1.82, 2.24) is 25.6 Å². The molecule has 9 nitrogen and oxygen atoms in total. The third-order valence-electron chi connectivity index (χ3n) is 7.33. The Morgan fingerprint density at radius 3 is 2.60 bits per heavy atom. The van der Waals surface area contributed by atoms with Crippen molar-refractivity contribution in [2.45, 2.75) is 63.5 Å². The molecule has 13 heteroatoms. The normalized spacial score (nSPS) is 21.3. The van der Waals surface area contributed by atoms with Gasteiger partial charge in [0.2, 0.25) is 5.91 Å². The first-order valence-electron chi connectivity index (χ1n) is 13.1. The standard InChI is InChI=1S/C27H29F4N5O4/c1-13-22(26(39)35-16-5-6-19(18(28)9-16)36-21(38)10-37)24-25(34-13)23(32-12-33-24)17-8-15(27(29,30)31)4-7-20(17)40-11-14-2-3-14/h4,7-8,12,14,16,18-19,34,37H,2-3,5-6,9-11H2,1H3,(H,35,39)(H,36,38). The van der Waals surface area contributed by atoms with Crippen molar-refractivity contribution in [3.05, 3.63) is 41.3 Å². The van der Waals surface area contributed by atoms with Crippen LogP contribution in [0.2, 0.25) is 0 Å². The number of carbonyl (C=O) groups excluding carboxylic acids is 2. The molecular weight excluding hydrogens is 534 g/mol. The van der Waals surface area contributed by atoms with Crippen LogP contribution in [0.4, 0.5) is 17.6 Å². The van der Waals surface area contributed by atoms with Crippen LogP contribution in [0, 0.1) is 12.8 Å². The summed E-state index contributed by atoms with van der Waals surface area (Å²) in [7, 11) is 0. The smallest absolute Gasteiger partial charge is 0.416 e. The highest BCUT2D eigenvalue weighted by atomic mass is 19.4. The fourth-order valence-electron chi connectivity index (χ4n) is 5.03. The maximum Gasteiger partial charge on any atom is 0.416 e. The molecule has 2 aromatic heterocycles. The molecule has 0 aliphatic heterocycles. The molecule has 2 amide bonds. The van der Waals surface area contributed by atoms with Crippen LogP contribution in [0.3, 0.4) is 0 Å². The molecule has 1 aromatic carbocycles. The van der Waals surface area contributed by atoms with Crippen LogP contribution in [0.5, 0.6) is 5.75 Å². The molecule has 5 rings (SSSR count). The van der Waals surface area contributed by atoms with Gasteiger partial charge >= 0.3 is 6.18 Å². The Balaban J connectivity index is 1.43. The molecule has 4 N–H and O–H groups in total. The van der Waals surface area contributed by atoms with Crippen LogP contribution in [0.15, 0.2) is 24.5 Å². The van der Waals surface area contributed by atoms with Crippen LogP contribution in [0.1, 0.15) is 53.7 Å². The fraction of sp³-hybridized carbons (Fsp3) is 0.481. The number of hydrogen-bond acceptors (Lipinski definition) is 6. The molecule has 0 spiro atoms. The van der Waals surface area contributed by atoms with E-state index in [9.17, 15) is 27.2 Å². The first-order valence-corrected chi connectivity index (χ1v) is 13.1. The number of fused-ring (bicyclic) bond motifs is 1. The maximum atomic E-state index is 14.7. The third kappa shape index (κ3) is 5.88. The summed E-state index contributed by atoms with van der Waals surface area (Å²) in [6.07, 6.45) is -2.17. The van der Waals surface area contributed by atoms with Gasteiger partial charge < -0.3 is 25.5 Å². The number of aliphatic hydroxyl groups excluding tert-OH is 1. The quantitative estimate of drug-likeness (QED) is 0.309. The summed E-state index contributed by atoms with van der Waals surface area (Å²) in [6.45, 7) is 1.28. The summed E-state index contributed by atoms with van der Waals surface area (Å²) in [5.41, 5.74) is 0.513. The zero-order valence-electron chi connectivity index (χ0n) is 21.6. The summed E-state index contributed by atoms with van der Waals surface area (Å²) in [5, 5.41) is 14.1. The van der Waals surface area contributed by atoms with E-state index in [2.05, 4.69) is 25.6 Å². The average Bonchev–Trinajstić information content (AvgIpc) is 3.67. The van der Waals surface area contributed by atoms with E-state index in [-0.39, 0.29) is 46.4 Å². The lowest BCUT2D eigenvalue weighted by atomic mass is 9.89. The second kappa shape index (κ2) is 11.0. The van der Waals surface area contributed by atoms with Crippen molar-refractivity contribution in [1.29, 1.82) is 0 Å². The van der Waals surface area contributed by atoms with Crippen LogP contribution in [-0.2, 0) is 11.0 Å². The molecule has 2 heterocycles. The first kappa shape index (κ1) is 27.8. The highest BCUT2D eigenvalue weighted by molar-refractivity contribution is 6.09. The number of ether oxygens (including phenoxy) is 1. The van der Waals surface area contributed by atoms with E-state index in [0.29, 0.717) is 24.6 Å². The van der Waals surface area contributed by atoms with Gasteiger partial charge in [-0.25, -0.2) is 14.4 Å². The van der Waals surface area contributed by atoms with Crippen molar-refractivity contribution < 1.29 is 37.0 Å². The number of hydrogen-bond donors (Lipinski definition) is 4. The lowest BCUT2D eigenvalue weighted by Crippen LogP contribution is -2.50. The highest BCUT2D eigenvalue weighted by Gasteiger charge is 2.34. The number of benzene rings is 1. The Labute approximate surface area is 226 Å². The molecule has 3 aromatic rings. The van der Waals surface area contributed by atoms with Gasteiger partial charge in [0.1, 0.15) is 36.1 Å². The monoisotopic (exact) mass is 563 g/mol. The molecule has 2 aliphatic carbocycles. The molecule has 3 atom stereocenters. The number of aryl methyl sites for hydroxylation is 1. The number of aliphatic hydroxyl groups is 1. The van der Waals surface area contributed by atoms with Crippen LogP contribution in [-0.4, -0.2) is 63.3 Å². The van der Waals surface area contributed by atoms with E-state index in [4.69, 9.17) is 9.84 Å². The second-order valence-electron chi connectivity index (χ2n) is 10.4. The van der Waals surface area contributed by atoms with Crippen molar-refractivity contribution >= 4 is 22.8 Å². The number of aromatic amines is 1. The van der Waals surface area contributed by atoms with E-state index in [1.165, 1.54) is 12.4 Å². The SMILES string of the molecule is Cc1[nH]c2c(-c3cc(C(F)(F)F)ccc3OCC3CC3)ncnc2c1C(=O)NC1CCC(NC(=O)CO)C(F)C1. The summed E-state index contributed by atoms with van der Waals surface area (Å²) in [4.78, 5) is 36.3. The highest BCUT2D eigenvalue weighted by Crippen LogP contribution is 2.40. The number of nitrogens with one attached hydrogen (secondary N) is 3. The van der Waals surface area contributed by atoms with Crippen LogP contribution in [0.25, 0.3) is 22.3 Å². The molecule has 214 valence electrons. The topological polar surface area (TPSA) is 129 Å². The number of carbonyl (C=O) groups is 2. The van der Waals surface area contributed by atoms with E-state index < -0.39 is 48.4 Å². The molecule has 40 heavy (non-hydrogen) atoms. The second-order valence-corrected chi connectivity index (χ2v) is 10.4. The lowest BCUT2D eigenvalue weighted by Gasteiger charge is -2.32. The molecule has 3 unspecified atom stereocenters. The van der Waals surface area contributed by atoms with E-state index >= 15 is 0 Å². The number of rotatable bonds is 8. The average molecular weight is 564 g/mol. The van der Waals surface area contributed by atoms with Crippen molar-refractivity contribution in [2.24, 2.45) is 5.92 Å². The Hall–Kier alpha value is -3.74. The van der Waals surface area contributed by atoms with Gasteiger partial charge in [0, 0.05) is 23.7 Å². The largest absolute Gasteiger partial charge is 0.493 e. The van der Waals surface area contributed by atoms with Gasteiger partial charge in [-0.2, -0.15) is 13.2 Å². The predicted molar refractivity (Wildman–Crippen MR) is 136 cm³/mol. The van der Waals surface area contributed by atoms with Gasteiger partial charge in [-0.15, -0.1) is 0 Å². The van der Waals surface area contributed by atoms with Gasteiger partial charge in [0.25, 0.3) is 5.91 Å². The molecule has 0 saturated heterocycles. The minimum absolute atomic E-state index is 0.0321. The van der Waals surface area contributed by atoms with Crippen molar-refractivity contribution in [2.75, 3.05) is 13.2 Å². The summed E-state index contributed by atoms with van der Waals surface area (Å²) < 4.78 is 61.3. The molecule has 2 fully saturated rings. The summed E-state index contributed by atoms with van der Waals surface area (Å²) >= 11 is 0. The van der Waals surface area contributed by atoms with Gasteiger partial charge in [-0.05, 0) is 56.7 Å². The minimum atomic E-state index is -4.58. The fourth-order valence-corrected chi connectivity index (χ4v) is 5.03. The molecular formula is C27H29F4N5O4. The zero-order chi connectivity index (χ0) is 28.6. The van der Waals surface area contributed by atoms with E-state index in [1.807, 2.05) is 0 Å². The number of nitrogens with zero attached hydrogens (tertiary/aromatic N) is 2. The van der Waals surface area contributed by atoms with Crippen LogP contribution >= 0.6 is 0 Å². The number of H-pyrrole nitrogens is 1. The zero-order valence-corrected chi connectivity index (χ0v) is 21.6. The predicted octanol–water partition coefficient (Wildman–Crippen LogP) is 3.84. The minimum Gasteiger partial charge on any atom is -0.493 e. The number of halogens is 4. The van der Waals surface area contributed by atoms with E-state index in [1.54, 1.807) is 6.92 Å². The number of amides is 2. The molecule has 0 radical (unpaired) electrons. The van der Waals surface area contributed by atoms with Gasteiger partial charge in [0.15, 0.2) is 0 Å². The third-order valence-corrected chi connectivity index (χ3v) is 7.33. The Morgan fingerprint density at radius 1 is 1.15 bits per heavy atom. The van der Waals surface area contributed by atoms with Crippen LogP contribution < -0.4 is 15.4 Å². The maximum absolute atomic E-state index is 14.7. The molecule has 0 bridgehead atoms. The Kier molecular flexibility index (Phi) is 7.67. The lowest BCUT2D eigenvalue weighted by molar-refractivity contribution is -0.137. The first-order chi connectivity index (χ1) is 19.0.